The highest BCUT2D eigenvalue weighted by Gasteiger charge is 2.18. The van der Waals surface area contributed by atoms with Gasteiger partial charge in [-0.05, 0) is 25.1 Å². The minimum Gasteiger partial charge on any atom is -0.330 e. The molecule has 0 atom stereocenters. The minimum absolute atomic E-state index is 0. The van der Waals surface area contributed by atoms with Crippen LogP contribution in [0.25, 0.3) is 0 Å². The Labute approximate surface area is 114 Å². The quantitative estimate of drug-likeness (QED) is 0.897. The van der Waals surface area contributed by atoms with E-state index in [1.165, 1.54) is 12.1 Å². The van der Waals surface area contributed by atoms with Crippen molar-refractivity contribution < 1.29 is 8.78 Å². The smallest absolute Gasteiger partial charge is 0.130 e. The summed E-state index contributed by atoms with van der Waals surface area (Å²) in [5.74, 6) is -1.04. The van der Waals surface area contributed by atoms with Crippen molar-refractivity contribution in [1.29, 1.82) is 0 Å². The van der Waals surface area contributed by atoms with Crippen molar-refractivity contribution in [2.45, 2.75) is 20.4 Å². The third-order valence-electron chi connectivity index (χ3n) is 2.71. The van der Waals surface area contributed by atoms with Gasteiger partial charge in [-0.3, -0.25) is 0 Å². The Balaban J connectivity index is 0.00000289. The van der Waals surface area contributed by atoms with Gasteiger partial charge < -0.3 is 10.6 Å². The lowest BCUT2D eigenvalue weighted by atomic mass is 9.93. The molecule has 1 aromatic carbocycles. The Bertz CT molecular complexity index is 383. The lowest BCUT2D eigenvalue weighted by molar-refractivity contribution is 0.208. The Hall–Kier alpha value is -0.710. The molecule has 2 nitrogen and oxygen atoms in total. The van der Waals surface area contributed by atoms with Crippen molar-refractivity contribution in [3.8, 4) is 0 Å². The van der Waals surface area contributed by atoms with Crippen LogP contribution in [-0.4, -0.2) is 25.0 Å². The topological polar surface area (TPSA) is 29.3 Å². The standard InChI is InChI=1S/C13H20F2N2.ClH/c1-13(2,8-16)9-17(3)7-10-4-5-11(14)6-12(10)15;/h4-6H,7-9,16H2,1-3H3;1H. The fourth-order valence-electron chi connectivity index (χ4n) is 1.79. The van der Waals surface area contributed by atoms with Crippen molar-refractivity contribution in [3.05, 3.63) is 35.4 Å². The van der Waals surface area contributed by atoms with Crippen molar-refractivity contribution in [1.82, 2.24) is 4.90 Å². The van der Waals surface area contributed by atoms with Crippen LogP contribution in [0.4, 0.5) is 8.78 Å². The Morgan fingerprint density at radius 1 is 1.28 bits per heavy atom. The molecule has 0 radical (unpaired) electrons. The SMILES string of the molecule is CN(Cc1ccc(F)cc1F)CC(C)(C)CN.Cl. The molecule has 0 saturated heterocycles. The summed E-state index contributed by atoms with van der Waals surface area (Å²) in [7, 11) is 1.90. The molecule has 104 valence electrons. The summed E-state index contributed by atoms with van der Waals surface area (Å²) in [4.78, 5) is 1.99. The molecule has 0 saturated carbocycles. The van der Waals surface area contributed by atoms with Gasteiger partial charge in [-0.25, -0.2) is 8.78 Å². The third kappa shape index (κ3) is 5.29. The van der Waals surface area contributed by atoms with Crippen LogP contribution in [0.5, 0.6) is 0 Å². The van der Waals surface area contributed by atoms with Gasteiger partial charge in [0.15, 0.2) is 0 Å². The van der Waals surface area contributed by atoms with E-state index in [0.29, 0.717) is 18.7 Å². The van der Waals surface area contributed by atoms with E-state index in [2.05, 4.69) is 13.8 Å². The zero-order valence-corrected chi connectivity index (χ0v) is 11.9. The maximum Gasteiger partial charge on any atom is 0.130 e. The van der Waals surface area contributed by atoms with Gasteiger partial charge in [-0.2, -0.15) is 0 Å². The molecule has 0 aliphatic rings. The molecular weight excluding hydrogens is 258 g/mol. The van der Waals surface area contributed by atoms with E-state index in [9.17, 15) is 8.78 Å². The molecule has 18 heavy (non-hydrogen) atoms. The van der Waals surface area contributed by atoms with E-state index in [1.54, 1.807) is 0 Å². The average molecular weight is 279 g/mol. The van der Waals surface area contributed by atoms with Crippen molar-refractivity contribution in [2.75, 3.05) is 20.1 Å². The van der Waals surface area contributed by atoms with E-state index in [1.807, 2.05) is 11.9 Å². The van der Waals surface area contributed by atoms with Crippen LogP contribution in [0.3, 0.4) is 0 Å². The molecule has 0 aliphatic heterocycles. The molecule has 0 spiro atoms. The summed E-state index contributed by atoms with van der Waals surface area (Å²) in [6, 6.07) is 3.67. The van der Waals surface area contributed by atoms with Crippen LogP contribution < -0.4 is 5.73 Å². The number of nitrogens with two attached hydrogens (primary N) is 1. The Kier molecular flexibility index (Phi) is 6.74. The summed E-state index contributed by atoms with van der Waals surface area (Å²) in [5, 5.41) is 0. The molecule has 0 unspecified atom stereocenters. The van der Waals surface area contributed by atoms with E-state index < -0.39 is 11.6 Å². The number of halogens is 3. The summed E-state index contributed by atoms with van der Waals surface area (Å²) in [5.41, 5.74) is 6.14. The van der Waals surface area contributed by atoms with Gasteiger partial charge in [0.2, 0.25) is 0 Å². The molecule has 0 aromatic heterocycles. The first-order valence-electron chi connectivity index (χ1n) is 5.66. The van der Waals surface area contributed by atoms with Gasteiger partial charge >= 0.3 is 0 Å². The van der Waals surface area contributed by atoms with Gasteiger partial charge in [0.1, 0.15) is 11.6 Å². The van der Waals surface area contributed by atoms with Gasteiger partial charge in [0.05, 0.1) is 0 Å². The molecule has 2 N–H and O–H groups in total. The highest BCUT2D eigenvalue weighted by atomic mass is 35.5. The van der Waals surface area contributed by atoms with Gasteiger partial charge in [-0.15, -0.1) is 12.4 Å². The van der Waals surface area contributed by atoms with Crippen molar-refractivity contribution in [3.63, 3.8) is 0 Å². The monoisotopic (exact) mass is 278 g/mol. The van der Waals surface area contributed by atoms with Gasteiger partial charge in [-0.1, -0.05) is 19.9 Å². The molecule has 0 heterocycles. The van der Waals surface area contributed by atoms with E-state index in [4.69, 9.17) is 5.73 Å². The first kappa shape index (κ1) is 17.3. The molecule has 0 amide bonds. The minimum atomic E-state index is -0.545. The number of hydrogen-bond donors (Lipinski definition) is 1. The fraction of sp³-hybridized carbons (Fsp3) is 0.538. The Morgan fingerprint density at radius 2 is 1.89 bits per heavy atom. The first-order valence-corrected chi connectivity index (χ1v) is 5.66. The predicted molar refractivity (Wildman–Crippen MR) is 72.8 cm³/mol. The van der Waals surface area contributed by atoms with Crippen molar-refractivity contribution >= 4 is 12.4 Å². The Morgan fingerprint density at radius 3 is 2.39 bits per heavy atom. The predicted octanol–water partition coefficient (Wildman–Crippen LogP) is 2.80. The fourth-order valence-corrected chi connectivity index (χ4v) is 1.79. The number of rotatable bonds is 5. The van der Waals surface area contributed by atoms with Crippen LogP contribution in [0, 0.1) is 17.0 Å². The zero-order chi connectivity index (χ0) is 13.1. The van der Waals surface area contributed by atoms with Crippen LogP contribution in [0.2, 0.25) is 0 Å². The molecule has 1 aromatic rings. The summed E-state index contributed by atoms with van der Waals surface area (Å²) in [6.45, 7) is 5.91. The summed E-state index contributed by atoms with van der Waals surface area (Å²) < 4.78 is 26.2. The molecule has 0 bridgehead atoms. The first-order chi connectivity index (χ1) is 7.84. The normalized spacial score (nSPS) is 11.5. The van der Waals surface area contributed by atoms with E-state index >= 15 is 0 Å². The number of hydrogen-bond acceptors (Lipinski definition) is 2. The second kappa shape index (κ2) is 7.02. The van der Waals surface area contributed by atoms with Crippen LogP contribution in [0.1, 0.15) is 19.4 Å². The number of benzene rings is 1. The maximum absolute atomic E-state index is 13.4. The highest BCUT2D eigenvalue weighted by Crippen LogP contribution is 2.17. The van der Waals surface area contributed by atoms with Crippen molar-refractivity contribution in [2.24, 2.45) is 11.1 Å². The second-order valence-corrected chi connectivity index (χ2v) is 5.28. The van der Waals surface area contributed by atoms with Crippen LogP contribution in [0.15, 0.2) is 18.2 Å². The molecule has 1 rings (SSSR count). The molecular formula is C13H21ClF2N2. The van der Waals surface area contributed by atoms with E-state index in [0.717, 1.165) is 12.6 Å². The molecule has 0 fully saturated rings. The maximum atomic E-state index is 13.4. The molecule has 0 aliphatic carbocycles. The summed E-state index contributed by atoms with van der Waals surface area (Å²) in [6.07, 6.45) is 0. The molecule has 5 heteroatoms. The van der Waals surface area contributed by atoms with Gasteiger partial charge in [0.25, 0.3) is 0 Å². The lowest BCUT2D eigenvalue weighted by Crippen LogP contribution is -2.36. The van der Waals surface area contributed by atoms with Gasteiger partial charge in [0, 0.05) is 24.7 Å². The number of nitrogens with zero attached hydrogens (tertiary/aromatic N) is 1. The van der Waals surface area contributed by atoms with E-state index in [-0.39, 0.29) is 17.8 Å². The lowest BCUT2D eigenvalue weighted by Gasteiger charge is -2.29. The van der Waals surface area contributed by atoms with Crippen LogP contribution >= 0.6 is 12.4 Å². The summed E-state index contributed by atoms with van der Waals surface area (Å²) >= 11 is 0. The second-order valence-electron chi connectivity index (χ2n) is 5.28. The largest absolute Gasteiger partial charge is 0.330 e. The third-order valence-corrected chi connectivity index (χ3v) is 2.71. The van der Waals surface area contributed by atoms with Crippen LogP contribution in [-0.2, 0) is 6.54 Å². The zero-order valence-electron chi connectivity index (χ0n) is 11.0. The highest BCUT2D eigenvalue weighted by molar-refractivity contribution is 5.85. The average Bonchev–Trinajstić information content (AvgIpc) is 2.21.